The molecule has 2 N–H and O–H groups in total. The van der Waals surface area contributed by atoms with E-state index in [-0.39, 0.29) is 23.8 Å². The van der Waals surface area contributed by atoms with Gasteiger partial charge in [0.2, 0.25) is 5.88 Å². The average molecular weight is 331 g/mol. The van der Waals surface area contributed by atoms with Gasteiger partial charge in [-0.05, 0) is 20.3 Å². The molecule has 0 fully saturated rings. The molecule has 2 heterocycles. The first-order chi connectivity index (χ1) is 11.5. The van der Waals surface area contributed by atoms with Crippen LogP contribution in [-0.4, -0.2) is 28.1 Å². The molecule has 1 atom stereocenters. The highest BCUT2D eigenvalue weighted by molar-refractivity contribution is 6.03. The number of Topliss-reactive ketones (excluding diaryl/α,β-unsaturated/α-hetero) is 1. The minimum Gasteiger partial charge on any atom is -0.462 e. The molecule has 3 rings (SSSR count). The first kappa shape index (κ1) is 16.3. The molecule has 0 radical (unpaired) electrons. The van der Waals surface area contributed by atoms with Crippen LogP contribution in [0.3, 0.4) is 0 Å². The summed E-state index contributed by atoms with van der Waals surface area (Å²) in [4.78, 5) is 25.1. The van der Waals surface area contributed by atoms with Crippen LogP contribution in [0.15, 0.2) is 29.0 Å². The van der Waals surface area contributed by atoms with Gasteiger partial charge in [0, 0.05) is 36.7 Å². The van der Waals surface area contributed by atoms with Crippen molar-refractivity contribution in [1.82, 2.24) is 9.78 Å². The van der Waals surface area contributed by atoms with E-state index in [0.29, 0.717) is 24.2 Å². The van der Waals surface area contributed by atoms with Gasteiger partial charge >= 0.3 is 5.97 Å². The Morgan fingerprint density at radius 3 is 2.88 bits per heavy atom. The van der Waals surface area contributed by atoms with Crippen LogP contribution < -0.4 is 5.73 Å². The number of hydrogen-bond acceptors (Lipinski definition) is 6. The van der Waals surface area contributed by atoms with Gasteiger partial charge in [0.1, 0.15) is 11.3 Å². The Balaban J connectivity index is 2.19. The van der Waals surface area contributed by atoms with E-state index in [2.05, 4.69) is 5.10 Å². The molecule has 24 heavy (non-hydrogen) atoms. The summed E-state index contributed by atoms with van der Waals surface area (Å²) >= 11 is 0. The van der Waals surface area contributed by atoms with Crippen LogP contribution in [0.1, 0.15) is 43.4 Å². The fourth-order valence-electron chi connectivity index (χ4n) is 3.27. The molecule has 0 aromatic carbocycles. The lowest BCUT2D eigenvalue weighted by Crippen LogP contribution is -2.31. The van der Waals surface area contributed by atoms with Gasteiger partial charge in [0.15, 0.2) is 5.78 Å². The van der Waals surface area contributed by atoms with E-state index >= 15 is 0 Å². The molecular formula is C17H21N3O4. The van der Waals surface area contributed by atoms with Gasteiger partial charge in [-0.3, -0.25) is 9.48 Å². The summed E-state index contributed by atoms with van der Waals surface area (Å²) in [6.07, 6.45) is 3.46. The van der Waals surface area contributed by atoms with Gasteiger partial charge in [-0.2, -0.15) is 5.10 Å². The molecule has 2 aliphatic rings. The van der Waals surface area contributed by atoms with Crippen molar-refractivity contribution < 1.29 is 19.1 Å². The van der Waals surface area contributed by atoms with Crippen LogP contribution in [0.25, 0.3) is 0 Å². The predicted octanol–water partition coefficient (Wildman–Crippen LogP) is 1.58. The molecule has 128 valence electrons. The molecule has 1 aromatic rings. The second-order valence-corrected chi connectivity index (χ2v) is 5.96. The standard InChI is InChI=1S/C17H21N3O4/c1-4-23-17(22)15-13(10-8-19-20(3)9(10)2)14-11(21)6-5-7-12(14)24-16(15)18/h8,13H,4-7,18H2,1-3H3/t13-/m0/s1. The molecule has 7 nitrogen and oxygen atoms in total. The predicted molar refractivity (Wildman–Crippen MR) is 85.5 cm³/mol. The second-order valence-electron chi connectivity index (χ2n) is 5.96. The molecule has 1 aliphatic heterocycles. The zero-order valence-corrected chi connectivity index (χ0v) is 14.1. The number of nitrogens with two attached hydrogens (primary N) is 1. The molecular weight excluding hydrogens is 310 g/mol. The topological polar surface area (TPSA) is 96.4 Å². The molecule has 1 aromatic heterocycles. The summed E-state index contributed by atoms with van der Waals surface area (Å²) in [7, 11) is 1.81. The van der Waals surface area contributed by atoms with E-state index in [1.165, 1.54) is 0 Å². The lowest BCUT2D eigenvalue weighted by Gasteiger charge is -2.32. The fourth-order valence-corrected chi connectivity index (χ4v) is 3.27. The van der Waals surface area contributed by atoms with Crippen molar-refractivity contribution in [3.8, 4) is 0 Å². The average Bonchev–Trinajstić information content (AvgIpc) is 2.86. The molecule has 0 amide bonds. The van der Waals surface area contributed by atoms with Crippen LogP contribution in [0, 0.1) is 6.92 Å². The molecule has 0 spiro atoms. The summed E-state index contributed by atoms with van der Waals surface area (Å²) in [5.41, 5.74) is 8.36. The molecule has 0 unspecified atom stereocenters. The minimum atomic E-state index is -0.589. The number of aromatic nitrogens is 2. The number of rotatable bonds is 3. The van der Waals surface area contributed by atoms with Crippen molar-refractivity contribution in [2.24, 2.45) is 12.8 Å². The van der Waals surface area contributed by atoms with E-state index in [1.54, 1.807) is 17.8 Å². The van der Waals surface area contributed by atoms with Crippen molar-refractivity contribution in [2.75, 3.05) is 6.61 Å². The van der Waals surface area contributed by atoms with Gasteiger partial charge < -0.3 is 15.2 Å². The Morgan fingerprint density at radius 1 is 1.50 bits per heavy atom. The van der Waals surface area contributed by atoms with Crippen molar-refractivity contribution in [1.29, 1.82) is 0 Å². The monoisotopic (exact) mass is 331 g/mol. The highest BCUT2D eigenvalue weighted by Gasteiger charge is 2.42. The number of carbonyl (C=O) groups is 2. The van der Waals surface area contributed by atoms with Crippen molar-refractivity contribution in [3.63, 3.8) is 0 Å². The third kappa shape index (κ3) is 2.50. The first-order valence-electron chi connectivity index (χ1n) is 8.05. The van der Waals surface area contributed by atoms with Crippen LogP contribution in [-0.2, 0) is 26.1 Å². The SMILES string of the molecule is CCOC(=O)C1=C(N)OC2=C(C(=O)CCC2)[C@@H]1c1cnn(C)c1C. The lowest BCUT2D eigenvalue weighted by atomic mass is 9.77. The normalized spacial score (nSPS) is 20.8. The maximum absolute atomic E-state index is 12.6. The number of hydrogen-bond donors (Lipinski definition) is 1. The molecule has 7 heteroatoms. The molecule has 0 bridgehead atoms. The van der Waals surface area contributed by atoms with Crippen LogP contribution >= 0.6 is 0 Å². The molecule has 1 aliphatic carbocycles. The van der Waals surface area contributed by atoms with Gasteiger partial charge in [-0.15, -0.1) is 0 Å². The Morgan fingerprint density at radius 2 is 2.25 bits per heavy atom. The van der Waals surface area contributed by atoms with Crippen molar-refractivity contribution in [3.05, 3.63) is 40.2 Å². The zero-order chi connectivity index (χ0) is 17.4. The molecule has 0 saturated carbocycles. The van der Waals surface area contributed by atoms with Gasteiger partial charge in [-0.1, -0.05) is 0 Å². The third-order valence-corrected chi connectivity index (χ3v) is 4.56. The second kappa shape index (κ2) is 6.14. The lowest BCUT2D eigenvalue weighted by molar-refractivity contribution is -0.139. The van der Waals surface area contributed by atoms with Crippen LogP contribution in [0.5, 0.6) is 0 Å². The van der Waals surface area contributed by atoms with E-state index in [9.17, 15) is 9.59 Å². The van der Waals surface area contributed by atoms with Gasteiger partial charge in [0.25, 0.3) is 0 Å². The zero-order valence-electron chi connectivity index (χ0n) is 14.1. The maximum Gasteiger partial charge on any atom is 0.340 e. The third-order valence-electron chi connectivity index (χ3n) is 4.56. The summed E-state index contributed by atoms with van der Waals surface area (Å²) in [6.45, 7) is 3.83. The number of aryl methyl sites for hydroxylation is 1. The van der Waals surface area contributed by atoms with Crippen LogP contribution in [0.4, 0.5) is 0 Å². The van der Waals surface area contributed by atoms with Crippen LogP contribution in [0.2, 0.25) is 0 Å². The first-order valence-corrected chi connectivity index (χ1v) is 8.05. The Labute approximate surface area is 140 Å². The highest BCUT2D eigenvalue weighted by atomic mass is 16.5. The fraction of sp³-hybridized carbons (Fsp3) is 0.471. The van der Waals surface area contributed by atoms with Gasteiger partial charge in [0.05, 0.1) is 18.7 Å². The smallest absolute Gasteiger partial charge is 0.340 e. The number of ether oxygens (including phenoxy) is 2. The molecule has 0 saturated heterocycles. The quantitative estimate of drug-likeness (QED) is 0.845. The summed E-state index contributed by atoms with van der Waals surface area (Å²) in [5, 5.41) is 4.25. The number of allylic oxidation sites excluding steroid dienone is 2. The number of nitrogens with zero attached hydrogens (tertiary/aromatic N) is 2. The summed E-state index contributed by atoms with van der Waals surface area (Å²) < 4.78 is 12.5. The summed E-state index contributed by atoms with van der Waals surface area (Å²) in [5.74, 6) is -0.596. The van der Waals surface area contributed by atoms with Gasteiger partial charge in [-0.25, -0.2) is 4.79 Å². The Bertz CT molecular complexity index is 773. The Hall–Kier alpha value is -2.57. The highest BCUT2D eigenvalue weighted by Crippen LogP contribution is 2.44. The van der Waals surface area contributed by atoms with E-state index < -0.39 is 11.9 Å². The number of carbonyl (C=O) groups excluding carboxylic acids is 2. The van der Waals surface area contributed by atoms with E-state index in [1.807, 2.05) is 14.0 Å². The van der Waals surface area contributed by atoms with Crippen molar-refractivity contribution >= 4 is 11.8 Å². The summed E-state index contributed by atoms with van der Waals surface area (Å²) in [6, 6.07) is 0. The minimum absolute atomic E-state index is 0.00940. The maximum atomic E-state index is 12.6. The Kier molecular flexibility index (Phi) is 4.17. The van der Waals surface area contributed by atoms with E-state index in [4.69, 9.17) is 15.2 Å². The van der Waals surface area contributed by atoms with Crippen molar-refractivity contribution in [2.45, 2.75) is 39.0 Å². The number of esters is 1. The number of ketones is 1. The van der Waals surface area contributed by atoms with E-state index in [0.717, 1.165) is 17.7 Å². The largest absolute Gasteiger partial charge is 0.462 e.